The second-order valence-corrected chi connectivity index (χ2v) is 8.93. The highest BCUT2D eigenvalue weighted by molar-refractivity contribution is 7.18. The summed E-state index contributed by atoms with van der Waals surface area (Å²) in [6.45, 7) is 7.80. The van der Waals surface area contributed by atoms with Crippen molar-refractivity contribution in [2.24, 2.45) is 0 Å². The number of aryl methyl sites for hydroxylation is 1. The van der Waals surface area contributed by atoms with E-state index in [0.29, 0.717) is 0 Å². The quantitative estimate of drug-likeness (QED) is 0.434. The van der Waals surface area contributed by atoms with E-state index in [4.69, 9.17) is 4.84 Å². The number of aromatic nitrogens is 3. The first-order valence-electron chi connectivity index (χ1n) is 10.9. The minimum atomic E-state index is 0.874. The predicted molar refractivity (Wildman–Crippen MR) is 125 cm³/mol. The number of hydrogen-bond donors (Lipinski definition) is 0. The van der Waals surface area contributed by atoms with Gasteiger partial charge in [-0.15, -0.1) is 16.4 Å². The van der Waals surface area contributed by atoms with E-state index in [1.54, 1.807) is 11.3 Å². The van der Waals surface area contributed by atoms with Crippen molar-refractivity contribution in [3.05, 3.63) is 65.9 Å². The largest absolute Gasteiger partial charge is 0.406 e. The Kier molecular flexibility index (Phi) is 5.97. The van der Waals surface area contributed by atoms with Crippen molar-refractivity contribution in [1.29, 1.82) is 0 Å². The van der Waals surface area contributed by atoms with Crippen molar-refractivity contribution in [3.63, 3.8) is 0 Å². The van der Waals surface area contributed by atoms with Crippen LogP contribution in [0, 0.1) is 0 Å². The van der Waals surface area contributed by atoms with Crippen molar-refractivity contribution in [3.8, 4) is 16.9 Å². The van der Waals surface area contributed by atoms with Crippen LogP contribution in [0.15, 0.2) is 60.9 Å². The molecule has 2 aromatic carbocycles. The van der Waals surface area contributed by atoms with Crippen molar-refractivity contribution in [1.82, 2.24) is 24.7 Å². The fourth-order valence-electron chi connectivity index (χ4n) is 3.87. The van der Waals surface area contributed by atoms with Crippen LogP contribution >= 0.6 is 11.3 Å². The summed E-state index contributed by atoms with van der Waals surface area (Å²) in [6.07, 6.45) is 5.06. The van der Waals surface area contributed by atoms with Crippen LogP contribution in [-0.4, -0.2) is 57.5 Å². The van der Waals surface area contributed by atoms with Crippen LogP contribution in [0.5, 0.6) is 5.75 Å². The Bertz CT molecular complexity index is 1130. The highest BCUT2D eigenvalue weighted by Crippen LogP contribution is 2.27. The van der Waals surface area contributed by atoms with Gasteiger partial charge < -0.3 is 4.84 Å². The second kappa shape index (κ2) is 9.18. The molecule has 0 amide bonds. The van der Waals surface area contributed by atoms with Crippen LogP contribution < -0.4 is 4.84 Å². The third kappa shape index (κ3) is 4.79. The Morgan fingerprint density at radius 2 is 1.81 bits per heavy atom. The molecule has 0 unspecified atom stereocenters. The van der Waals surface area contributed by atoms with Crippen LogP contribution in [0.2, 0.25) is 0 Å². The van der Waals surface area contributed by atoms with E-state index in [9.17, 15) is 0 Å². The number of rotatable bonds is 7. The Morgan fingerprint density at radius 1 is 0.968 bits per heavy atom. The average molecular weight is 434 g/mol. The summed E-state index contributed by atoms with van der Waals surface area (Å²) in [4.78, 5) is 13.3. The Hall–Kier alpha value is -2.74. The monoisotopic (exact) mass is 433 g/mol. The van der Waals surface area contributed by atoms with Crippen molar-refractivity contribution in [2.75, 3.05) is 32.7 Å². The minimum Gasteiger partial charge on any atom is -0.406 e. The molecule has 0 saturated carbocycles. The fourth-order valence-corrected chi connectivity index (χ4v) is 4.75. The van der Waals surface area contributed by atoms with Crippen LogP contribution in [0.1, 0.15) is 11.9 Å². The summed E-state index contributed by atoms with van der Waals surface area (Å²) in [5, 5.41) is 7.77. The lowest BCUT2D eigenvalue weighted by atomic mass is 10.1. The van der Waals surface area contributed by atoms with Gasteiger partial charge in [0.05, 0.1) is 28.0 Å². The van der Waals surface area contributed by atoms with Crippen molar-refractivity contribution < 1.29 is 4.84 Å². The predicted octanol–water partition coefficient (Wildman–Crippen LogP) is 4.33. The lowest BCUT2D eigenvalue weighted by Crippen LogP contribution is -2.48. The third-order valence-electron chi connectivity index (χ3n) is 5.66. The van der Waals surface area contributed by atoms with E-state index in [1.165, 1.54) is 20.8 Å². The van der Waals surface area contributed by atoms with E-state index < -0.39 is 0 Å². The molecule has 0 atom stereocenters. The molecule has 0 N–H and O–H groups in total. The topological polar surface area (TPSA) is 46.4 Å². The Labute approximate surface area is 186 Å². The van der Waals surface area contributed by atoms with E-state index in [0.717, 1.165) is 57.0 Å². The van der Waals surface area contributed by atoms with Crippen molar-refractivity contribution >= 4 is 21.6 Å². The molecular weight excluding hydrogens is 406 g/mol. The van der Waals surface area contributed by atoms with E-state index >= 15 is 0 Å². The molecule has 3 heterocycles. The molecule has 0 aliphatic carbocycles. The Balaban J connectivity index is 1.10. The molecule has 0 bridgehead atoms. The molecule has 1 aliphatic heterocycles. The van der Waals surface area contributed by atoms with Gasteiger partial charge >= 0.3 is 0 Å². The van der Waals surface area contributed by atoms with Gasteiger partial charge in [0.2, 0.25) is 0 Å². The lowest BCUT2D eigenvalue weighted by molar-refractivity contribution is -0.0886. The SMILES string of the molecule is CCc1nc2cc(ON3CCN(CCn4cc(-c5ccccc5)cn4)CC3)ccc2s1. The van der Waals surface area contributed by atoms with E-state index in [2.05, 4.69) is 69.6 Å². The fraction of sp³-hybridized carbons (Fsp3) is 0.333. The molecule has 7 heteroatoms. The van der Waals surface area contributed by atoms with Gasteiger partial charge in [0, 0.05) is 50.6 Å². The van der Waals surface area contributed by atoms with E-state index in [-0.39, 0.29) is 0 Å². The number of nitrogens with zero attached hydrogens (tertiary/aromatic N) is 5. The number of benzene rings is 2. The van der Waals surface area contributed by atoms with Crippen LogP contribution in [0.25, 0.3) is 21.3 Å². The number of fused-ring (bicyclic) bond motifs is 1. The molecule has 0 spiro atoms. The van der Waals surface area contributed by atoms with Gasteiger partial charge in [-0.3, -0.25) is 9.58 Å². The number of piperazine rings is 1. The van der Waals surface area contributed by atoms with Gasteiger partial charge in [-0.1, -0.05) is 37.3 Å². The Morgan fingerprint density at radius 3 is 2.61 bits per heavy atom. The molecule has 160 valence electrons. The van der Waals surface area contributed by atoms with Gasteiger partial charge in [0.1, 0.15) is 5.75 Å². The zero-order valence-corrected chi connectivity index (χ0v) is 18.6. The van der Waals surface area contributed by atoms with Crippen LogP contribution in [0.3, 0.4) is 0 Å². The number of hydrogen-bond acceptors (Lipinski definition) is 6. The van der Waals surface area contributed by atoms with Gasteiger partial charge in [-0.05, 0) is 24.1 Å². The molecule has 1 aliphatic rings. The molecule has 31 heavy (non-hydrogen) atoms. The maximum atomic E-state index is 6.12. The highest BCUT2D eigenvalue weighted by atomic mass is 32.1. The summed E-state index contributed by atoms with van der Waals surface area (Å²) in [7, 11) is 0. The zero-order chi connectivity index (χ0) is 21.0. The molecule has 4 aromatic rings. The third-order valence-corrected chi connectivity index (χ3v) is 6.84. The maximum absolute atomic E-state index is 6.12. The average Bonchev–Trinajstić information content (AvgIpc) is 3.46. The van der Waals surface area contributed by atoms with Gasteiger partial charge in [-0.2, -0.15) is 5.10 Å². The smallest absolute Gasteiger partial charge is 0.149 e. The second-order valence-electron chi connectivity index (χ2n) is 7.81. The van der Waals surface area contributed by atoms with Gasteiger partial charge in [0.15, 0.2) is 0 Å². The van der Waals surface area contributed by atoms with Crippen LogP contribution in [0.4, 0.5) is 0 Å². The van der Waals surface area contributed by atoms with Gasteiger partial charge in [-0.25, -0.2) is 4.98 Å². The normalized spacial score (nSPS) is 15.5. The van der Waals surface area contributed by atoms with Crippen LogP contribution in [-0.2, 0) is 13.0 Å². The first-order valence-corrected chi connectivity index (χ1v) is 11.7. The lowest BCUT2D eigenvalue weighted by Gasteiger charge is -2.33. The number of hydroxylamine groups is 2. The minimum absolute atomic E-state index is 0.874. The molecule has 2 aromatic heterocycles. The summed E-state index contributed by atoms with van der Waals surface area (Å²) >= 11 is 1.76. The molecule has 0 radical (unpaired) electrons. The summed E-state index contributed by atoms with van der Waals surface area (Å²) in [5.74, 6) is 0.874. The molecule has 1 saturated heterocycles. The standard InChI is InChI=1S/C24H27N5OS/c1-2-24-26-22-16-21(8-9-23(22)31-24)30-29-14-11-27(12-15-29)10-13-28-18-20(17-25-28)19-6-4-3-5-7-19/h3-9,16-18H,2,10-15H2,1H3. The zero-order valence-electron chi connectivity index (χ0n) is 17.8. The molecule has 6 nitrogen and oxygen atoms in total. The summed E-state index contributed by atoms with van der Waals surface area (Å²) in [5.41, 5.74) is 3.41. The molecule has 5 rings (SSSR count). The molecular formula is C24H27N5OS. The first kappa shape index (κ1) is 20.2. The number of thiazole rings is 1. The summed E-state index contributed by atoms with van der Waals surface area (Å²) < 4.78 is 3.27. The van der Waals surface area contributed by atoms with Crippen molar-refractivity contribution in [2.45, 2.75) is 19.9 Å². The maximum Gasteiger partial charge on any atom is 0.149 e. The van der Waals surface area contributed by atoms with E-state index in [1.807, 2.05) is 23.0 Å². The highest BCUT2D eigenvalue weighted by Gasteiger charge is 2.18. The molecule has 1 fully saturated rings. The first-order chi connectivity index (χ1) is 15.3. The summed E-state index contributed by atoms with van der Waals surface area (Å²) in [6, 6.07) is 16.6. The van der Waals surface area contributed by atoms with Gasteiger partial charge in [0.25, 0.3) is 0 Å².